The van der Waals surface area contributed by atoms with E-state index in [-0.39, 0.29) is 5.28 Å². The van der Waals surface area contributed by atoms with Gasteiger partial charge in [-0.15, -0.1) is 0 Å². The fourth-order valence-corrected chi connectivity index (χ4v) is 2.20. The summed E-state index contributed by atoms with van der Waals surface area (Å²) in [5.74, 6) is 0. The Hall–Kier alpha value is -0.640. The summed E-state index contributed by atoms with van der Waals surface area (Å²) in [4.78, 5) is 4.10. The van der Waals surface area contributed by atoms with Crippen molar-refractivity contribution in [2.24, 2.45) is 0 Å². The van der Waals surface area contributed by atoms with Crippen molar-refractivity contribution in [1.29, 1.82) is 0 Å². The predicted octanol–water partition coefficient (Wildman–Crippen LogP) is 3.82. The molecule has 5 heteroatoms. The Balaban J connectivity index is 2.55. The van der Waals surface area contributed by atoms with Crippen LogP contribution in [0.5, 0.6) is 0 Å². The lowest BCUT2D eigenvalue weighted by atomic mass is 10.1. The lowest BCUT2D eigenvalue weighted by molar-refractivity contribution is 1.32. The highest BCUT2D eigenvalue weighted by atomic mass is 35.5. The monoisotopic (exact) mass is 244 g/mol. The Morgan fingerprint density at radius 1 is 1.29 bits per heavy atom. The molecule has 14 heavy (non-hydrogen) atoms. The van der Waals surface area contributed by atoms with E-state index in [0.29, 0.717) is 5.02 Å². The molecule has 0 unspecified atom stereocenters. The predicted molar refractivity (Wildman–Crippen MR) is 60.1 cm³/mol. The second kappa shape index (κ2) is 3.85. The lowest BCUT2D eigenvalue weighted by Crippen LogP contribution is -1.81. The Labute approximate surface area is 95.7 Å². The molecule has 2 aromatic rings. The summed E-state index contributed by atoms with van der Waals surface area (Å²) in [5.41, 5.74) is 2.10. The zero-order valence-corrected chi connectivity index (χ0v) is 9.62. The van der Waals surface area contributed by atoms with Gasteiger partial charge in [-0.3, -0.25) is 0 Å². The van der Waals surface area contributed by atoms with E-state index in [9.17, 15) is 0 Å². The Kier molecular flexibility index (Phi) is 2.72. The van der Waals surface area contributed by atoms with Gasteiger partial charge < -0.3 is 0 Å². The molecule has 0 N–H and O–H groups in total. The molecule has 0 radical (unpaired) electrons. The van der Waals surface area contributed by atoms with Gasteiger partial charge in [0.05, 0.1) is 0 Å². The first-order chi connectivity index (χ1) is 6.66. The molecule has 0 saturated heterocycles. The number of halogens is 2. The maximum absolute atomic E-state index is 5.90. The molecule has 0 aliphatic rings. The van der Waals surface area contributed by atoms with Crippen molar-refractivity contribution in [1.82, 2.24) is 9.36 Å². The fraction of sp³-hybridized carbons (Fsp3) is 0.111. The van der Waals surface area contributed by atoms with E-state index in [1.165, 1.54) is 11.5 Å². The lowest BCUT2D eigenvalue weighted by Gasteiger charge is -2.01. The van der Waals surface area contributed by atoms with E-state index in [4.69, 9.17) is 23.2 Å². The third kappa shape index (κ3) is 1.90. The number of rotatable bonds is 1. The minimum Gasteiger partial charge on any atom is -0.205 e. The number of benzene rings is 1. The van der Waals surface area contributed by atoms with Crippen molar-refractivity contribution >= 4 is 34.7 Å². The summed E-state index contributed by atoms with van der Waals surface area (Å²) in [6.07, 6.45) is 0. The topological polar surface area (TPSA) is 25.8 Å². The molecule has 0 atom stereocenters. The van der Waals surface area contributed by atoms with Gasteiger partial charge in [-0.2, -0.15) is 4.37 Å². The van der Waals surface area contributed by atoms with Gasteiger partial charge in [0.1, 0.15) is 5.01 Å². The van der Waals surface area contributed by atoms with Crippen molar-refractivity contribution in [3.05, 3.63) is 34.1 Å². The molecule has 1 heterocycles. The highest BCUT2D eigenvalue weighted by molar-refractivity contribution is 7.09. The fourth-order valence-electron chi connectivity index (χ4n) is 1.14. The number of nitrogens with zero attached hydrogens (tertiary/aromatic N) is 2. The molecule has 2 nitrogen and oxygen atoms in total. The van der Waals surface area contributed by atoms with Crippen LogP contribution < -0.4 is 0 Å². The van der Waals surface area contributed by atoms with Crippen LogP contribution in [0.4, 0.5) is 0 Å². The van der Waals surface area contributed by atoms with Crippen LogP contribution in [-0.4, -0.2) is 9.36 Å². The number of hydrogen-bond donors (Lipinski definition) is 0. The van der Waals surface area contributed by atoms with Gasteiger partial charge in [0.25, 0.3) is 0 Å². The normalized spacial score (nSPS) is 10.5. The van der Waals surface area contributed by atoms with Crippen LogP contribution in [0.1, 0.15) is 5.56 Å². The van der Waals surface area contributed by atoms with Crippen LogP contribution in [-0.2, 0) is 0 Å². The highest BCUT2D eigenvalue weighted by Gasteiger charge is 2.07. The third-order valence-corrected chi connectivity index (χ3v) is 3.08. The molecule has 1 aromatic carbocycles. The molecule has 2 rings (SSSR count). The quantitative estimate of drug-likeness (QED) is 0.763. The van der Waals surface area contributed by atoms with Crippen molar-refractivity contribution in [2.45, 2.75) is 6.92 Å². The second-order valence-corrected chi connectivity index (χ2v) is 4.35. The first-order valence-corrected chi connectivity index (χ1v) is 5.45. The molecule has 0 amide bonds. The first kappa shape index (κ1) is 9.90. The highest BCUT2D eigenvalue weighted by Crippen LogP contribution is 2.28. The van der Waals surface area contributed by atoms with Crippen molar-refractivity contribution in [2.75, 3.05) is 0 Å². The standard InChI is InChI=1S/C9H6Cl2N2S/c1-5-2-3-6(10)4-7(5)8-12-9(11)13-14-8/h2-4H,1H3. The van der Waals surface area contributed by atoms with Crippen molar-refractivity contribution in [3.63, 3.8) is 0 Å². The SMILES string of the molecule is Cc1ccc(Cl)cc1-c1nc(Cl)ns1. The summed E-state index contributed by atoms with van der Waals surface area (Å²) < 4.78 is 3.92. The smallest absolute Gasteiger partial charge is 0.205 e. The van der Waals surface area contributed by atoms with Crippen LogP contribution in [0, 0.1) is 6.92 Å². The van der Waals surface area contributed by atoms with Gasteiger partial charge in [0.2, 0.25) is 5.28 Å². The first-order valence-electron chi connectivity index (χ1n) is 3.92. The summed E-state index contributed by atoms with van der Waals surface area (Å²) in [7, 11) is 0. The zero-order chi connectivity index (χ0) is 10.1. The minimum absolute atomic E-state index is 0.282. The molecule has 1 aromatic heterocycles. The van der Waals surface area contributed by atoms with E-state index < -0.39 is 0 Å². The summed E-state index contributed by atoms with van der Waals surface area (Å²) in [6, 6.07) is 5.67. The van der Waals surface area contributed by atoms with E-state index in [1.54, 1.807) is 0 Å². The number of aromatic nitrogens is 2. The van der Waals surface area contributed by atoms with Gasteiger partial charge in [-0.05, 0) is 47.8 Å². The van der Waals surface area contributed by atoms with E-state index in [0.717, 1.165) is 16.1 Å². The van der Waals surface area contributed by atoms with Crippen LogP contribution in [0.25, 0.3) is 10.6 Å². The Morgan fingerprint density at radius 2 is 2.07 bits per heavy atom. The molecule has 0 fully saturated rings. The molecule has 72 valence electrons. The van der Waals surface area contributed by atoms with E-state index in [1.807, 2.05) is 25.1 Å². The molecule has 0 aliphatic carbocycles. The summed E-state index contributed by atoms with van der Waals surface area (Å²) in [6.45, 7) is 2.00. The van der Waals surface area contributed by atoms with Gasteiger partial charge in [0, 0.05) is 10.6 Å². The van der Waals surface area contributed by atoms with Gasteiger partial charge in [-0.25, -0.2) is 4.98 Å². The second-order valence-electron chi connectivity index (χ2n) is 2.83. The zero-order valence-electron chi connectivity index (χ0n) is 7.29. The van der Waals surface area contributed by atoms with Crippen LogP contribution in [0.3, 0.4) is 0 Å². The Bertz CT molecular complexity index is 468. The van der Waals surface area contributed by atoms with Crippen molar-refractivity contribution in [3.8, 4) is 10.6 Å². The minimum atomic E-state index is 0.282. The largest absolute Gasteiger partial charge is 0.234 e. The van der Waals surface area contributed by atoms with E-state index in [2.05, 4.69) is 9.36 Å². The van der Waals surface area contributed by atoms with Crippen molar-refractivity contribution < 1.29 is 0 Å². The number of hydrogen-bond acceptors (Lipinski definition) is 3. The molecular weight excluding hydrogens is 239 g/mol. The summed E-state index contributed by atoms with van der Waals surface area (Å²) in [5, 5.41) is 1.77. The maximum Gasteiger partial charge on any atom is 0.234 e. The van der Waals surface area contributed by atoms with Gasteiger partial charge in [-0.1, -0.05) is 17.7 Å². The van der Waals surface area contributed by atoms with Gasteiger partial charge >= 0.3 is 0 Å². The van der Waals surface area contributed by atoms with Crippen LogP contribution >= 0.6 is 34.7 Å². The number of aryl methyl sites for hydroxylation is 1. The molecular formula is C9H6Cl2N2S. The molecule has 0 spiro atoms. The molecule has 0 aliphatic heterocycles. The maximum atomic E-state index is 5.90. The van der Waals surface area contributed by atoms with Gasteiger partial charge in [0.15, 0.2) is 0 Å². The average Bonchev–Trinajstić information content (AvgIpc) is 2.56. The van der Waals surface area contributed by atoms with E-state index >= 15 is 0 Å². The Morgan fingerprint density at radius 3 is 2.71 bits per heavy atom. The molecule has 0 saturated carbocycles. The van der Waals surface area contributed by atoms with Crippen LogP contribution in [0.2, 0.25) is 10.3 Å². The molecule has 0 bridgehead atoms. The third-order valence-electron chi connectivity index (χ3n) is 1.83. The average molecular weight is 245 g/mol. The van der Waals surface area contributed by atoms with Crippen LogP contribution in [0.15, 0.2) is 18.2 Å². The summed E-state index contributed by atoms with van der Waals surface area (Å²) >= 11 is 12.8.